The van der Waals surface area contributed by atoms with Crippen molar-refractivity contribution in [1.82, 2.24) is 10.2 Å². The van der Waals surface area contributed by atoms with E-state index in [0.29, 0.717) is 18.6 Å². The predicted molar refractivity (Wildman–Crippen MR) is 149 cm³/mol. The monoisotopic (exact) mass is 537 g/mol. The van der Waals surface area contributed by atoms with Crippen molar-refractivity contribution in [3.8, 4) is 5.75 Å². The van der Waals surface area contributed by atoms with E-state index in [2.05, 4.69) is 5.32 Å². The van der Waals surface area contributed by atoms with Crippen LogP contribution in [0, 0.1) is 6.92 Å². The number of methoxy groups -OCH3 is 1. The molecule has 0 aliphatic heterocycles. The van der Waals surface area contributed by atoms with Crippen LogP contribution in [-0.2, 0) is 26.0 Å². The van der Waals surface area contributed by atoms with E-state index in [0.717, 1.165) is 15.4 Å². The maximum absolute atomic E-state index is 13.9. The number of hydrogen-bond acceptors (Lipinski definition) is 5. The number of benzene rings is 3. The fourth-order valence-corrected chi connectivity index (χ4v) is 5.73. The van der Waals surface area contributed by atoms with E-state index >= 15 is 0 Å². The van der Waals surface area contributed by atoms with Crippen LogP contribution < -0.4 is 14.4 Å². The van der Waals surface area contributed by atoms with Gasteiger partial charge >= 0.3 is 0 Å². The predicted octanol–water partition coefficient (Wildman–Crippen LogP) is 3.79. The summed E-state index contributed by atoms with van der Waals surface area (Å²) in [4.78, 5) is 28.2. The summed E-state index contributed by atoms with van der Waals surface area (Å²) in [7, 11) is -1.18. The maximum atomic E-state index is 13.9. The lowest BCUT2D eigenvalue weighted by Crippen LogP contribution is -2.52. The highest BCUT2D eigenvalue weighted by Gasteiger charge is 2.34. The highest BCUT2D eigenvalue weighted by molar-refractivity contribution is 7.92. The van der Waals surface area contributed by atoms with E-state index in [-0.39, 0.29) is 23.0 Å². The van der Waals surface area contributed by atoms with Crippen LogP contribution in [0.3, 0.4) is 0 Å². The third-order valence-electron chi connectivity index (χ3n) is 6.33. The van der Waals surface area contributed by atoms with Crippen LogP contribution >= 0.6 is 0 Å². The van der Waals surface area contributed by atoms with Crippen LogP contribution in [0.1, 0.15) is 24.5 Å². The zero-order chi connectivity index (χ0) is 27.7. The Hall–Kier alpha value is -3.85. The smallest absolute Gasteiger partial charge is 0.264 e. The first-order valence-corrected chi connectivity index (χ1v) is 13.9. The molecule has 2 amide bonds. The Morgan fingerprint density at radius 1 is 0.974 bits per heavy atom. The number of carbonyl (C=O) groups is 2. The second kappa shape index (κ2) is 13.1. The summed E-state index contributed by atoms with van der Waals surface area (Å²) in [5.41, 5.74) is 2.06. The van der Waals surface area contributed by atoms with E-state index in [4.69, 9.17) is 4.74 Å². The van der Waals surface area contributed by atoms with Crippen molar-refractivity contribution in [2.45, 2.75) is 37.6 Å². The molecule has 38 heavy (non-hydrogen) atoms. The highest BCUT2D eigenvalue weighted by atomic mass is 32.2. The SMILES string of the molecule is CCC(C(=O)NC)N(CCc1ccccc1)C(=O)CN(c1cc(C)ccc1OC)S(=O)(=O)c1ccccc1. The van der Waals surface area contributed by atoms with E-state index in [1.54, 1.807) is 30.3 Å². The number of amides is 2. The molecular weight excluding hydrogens is 502 g/mol. The summed E-state index contributed by atoms with van der Waals surface area (Å²) < 4.78 is 34.4. The molecular formula is C29H35N3O5S. The van der Waals surface area contributed by atoms with Gasteiger partial charge in [-0.2, -0.15) is 0 Å². The normalized spacial score (nSPS) is 11.9. The number of carbonyl (C=O) groups excluding carboxylic acids is 2. The van der Waals surface area contributed by atoms with Crippen molar-refractivity contribution < 1.29 is 22.7 Å². The van der Waals surface area contributed by atoms with Crippen LogP contribution in [0.15, 0.2) is 83.8 Å². The average Bonchev–Trinajstić information content (AvgIpc) is 2.94. The molecule has 0 saturated heterocycles. The summed E-state index contributed by atoms with van der Waals surface area (Å²) in [6, 6.07) is 22.0. The van der Waals surface area contributed by atoms with E-state index in [9.17, 15) is 18.0 Å². The number of hydrogen-bond donors (Lipinski definition) is 1. The lowest BCUT2D eigenvalue weighted by molar-refractivity contribution is -0.139. The van der Waals surface area contributed by atoms with Gasteiger partial charge in [0.2, 0.25) is 11.8 Å². The van der Waals surface area contributed by atoms with Gasteiger partial charge in [0.05, 0.1) is 17.7 Å². The first kappa shape index (κ1) is 28.7. The molecule has 0 aromatic heterocycles. The third kappa shape index (κ3) is 6.72. The summed E-state index contributed by atoms with van der Waals surface area (Å²) in [6.07, 6.45) is 0.888. The van der Waals surface area contributed by atoms with Crippen LogP contribution in [0.25, 0.3) is 0 Å². The molecule has 0 heterocycles. The minimum Gasteiger partial charge on any atom is -0.495 e. The Kier molecular flexibility index (Phi) is 9.90. The van der Waals surface area contributed by atoms with Gasteiger partial charge < -0.3 is 15.0 Å². The number of aryl methyl sites for hydroxylation is 1. The average molecular weight is 538 g/mol. The number of nitrogens with zero attached hydrogens (tertiary/aromatic N) is 2. The molecule has 0 fully saturated rings. The topological polar surface area (TPSA) is 96.0 Å². The minimum atomic E-state index is -4.15. The second-order valence-corrected chi connectivity index (χ2v) is 10.7. The summed E-state index contributed by atoms with van der Waals surface area (Å²) in [5, 5.41) is 2.63. The largest absolute Gasteiger partial charge is 0.495 e. The molecule has 8 nitrogen and oxygen atoms in total. The van der Waals surface area contributed by atoms with E-state index in [1.807, 2.05) is 50.2 Å². The fourth-order valence-electron chi connectivity index (χ4n) is 4.29. The molecule has 3 rings (SSSR count). The highest BCUT2D eigenvalue weighted by Crippen LogP contribution is 2.33. The minimum absolute atomic E-state index is 0.0468. The van der Waals surface area contributed by atoms with Crippen molar-refractivity contribution in [1.29, 1.82) is 0 Å². The molecule has 9 heteroatoms. The van der Waals surface area contributed by atoms with Gasteiger partial charge in [-0.25, -0.2) is 8.42 Å². The maximum Gasteiger partial charge on any atom is 0.264 e. The van der Waals surface area contributed by atoms with Crippen molar-refractivity contribution >= 4 is 27.5 Å². The van der Waals surface area contributed by atoms with Gasteiger partial charge in [-0.05, 0) is 55.2 Å². The number of anilines is 1. The van der Waals surface area contributed by atoms with Crippen LogP contribution in [0.4, 0.5) is 5.69 Å². The number of nitrogens with one attached hydrogen (secondary N) is 1. The number of rotatable bonds is 12. The molecule has 0 aliphatic carbocycles. The molecule has 0 saturated carbocycles. The van der Waals surface area contributed by atoms with E-state index < -0.39 is 28.5 Å². The molecule has 1 unspecified atom stereocenters. The zero-order valence-corrected chi connectivity index (χ0v) is 23.1. The molecule has 0 aliphatic rings. The van der Waals surface area contributed by atoms with Gasteiger partial charge in [0.1, 0.15) is 18.3 Å². The lowest BCUT2D eigenvalue weighted by Gasteiger charge is -2.33. The van der Waals surface area contributed by atoms with Gasteiger partial charge in [0.15, 0.2) is 0 Å². The van der Waals surface area contributed by atoms with Crippen molar-refractivity contribution in [3.63, 3.8) is 0 Å². The van der Waals surface area contributed by atoms with Crippen LogP contribution in [0.2, 0.25) is 0 Å². The Labute approximate surface area is 225 Å². The lowest BCUT2D eigenvalue weighted by atomic mass is 10.1. The quantitative estimate of drug-likeness (QED) is 0.379. The van der Waals surface area contributed by atoms with E-state index in [1.165, 1.54) is 31.2 Å². The molecule has 0 bridgehead atoms. The summed E-state index contributed by atoms with van der Waals surface area (Å²) >= 11 is 0. The van der Waals surface area contributed by atoms with Crippen molar-refractivity contribution in [2.24, 2.45) is 0 Å². The van der Waals surface area contributed by atoms with Crippen LogP contribution in [0.5, 0.6) is 5.75 Å². The number of ether oxygens (including phenoxy) is 1. The Morgan fingerprint density at radius 2 is 1.61 bits per heavy atom. The van der Waals surface area contributed by atoms with Gasteiger partial charge in [-0.15, -0.1) is 0 Å². The summed E-state index contributed by atoms with van der Waals surface area (Å²) in [5.74, 6) is -0.476. The standard InChI is InChI=1S/C29H35N3O5S/c1-5-25(29(34)30-3)31(19-18-23-12-8-6-9-13-23)28(33)21-32(26-20-22(2)16-17-27(26)37-4)38(35,36)24-14-10-7-11-15-24/h6-17,20,25H,5,18-19,21H2,1-4H3,(H,30,34). The van der Waals surface area contributed by atoms with Crippen molar-refractivity contribution in [2.75, 3.05) is 31.6 Å². The Balaban J connectivity index is 2.06. The van der Waals surface area contributed by atoms with Gasteiger partial charge in [-0.1, -0.05) is 61.5 Å². The third-order valence-corrected chi connectivity index (χ3v) is 8.10. The summed E-state index contributed by atoms with van der Waals surface area (Å²) in [6.45, 7) is 3.41. The molecule has 1 atom stereocenters. The fraction of sp³-hybridized carbons (Fsp3) is 0.310. The molecule has 0 spiro atoms. The molecule has 0 radical (unpaired) electrons. The van der Waals surface area contributed by atoms with Gasteiger partial charge in [0.25, 0.3) is 10.0 Å². The van der Waals surface area contributed by atoms with Gasteiger partial charge in [-0.3, -0.25) is 13.9 Å². The second-order valence-electron chi connectivity index (χ2n) is 8.86. The van der Waals surface area contributed by atoms with Gasteiger partial charge in [0, 0.05) is 13.6 Å². The number of sulfonamides is 1. The van der Waals surface area contributed by atoms with Crippen molar-refractivity contribution in [3.05, 3.63) is 90.0 Å². The zero-order valence-electron chi connectivity index (χ0n) is 22.3. The molecule has 3 aromatic rings. The van der Waals surface area contributed by atoms with Crippen LogP contribution in [-0.4, -0.2) is 58.4 Å². The Bertz CT molecular complexity index is 1330. The first-order chi connectivity index (χ1) is 18.2. The molecule has 3 aromatic carbocycles. The molecule has 202 valence electrons. The number of likely N-dealkylation sites (N-methyl/N-ethyl adjacent to an activating group) is 1. The first-order valence-electron chi connectivity index (χ1n) is 12.5. The Morgan fingerprint density at radius 3 is 2.18 bits per heavy atom. The molecule has 1 N–H and O–H groups in total.